The molecule has 2 nitrogen and oxygen atoms in total. The molecule has 0 aliphatic carbocycles. The number of nitrogen functional groups attached to an aromatic ring is 2. The van der Waals surface area contributed by atoms with Gasteiger partial charge in [0.15, 0.2) is 0 Å². The van der Waals surface area contributed by atoms with Gasteiger partial charge in [-0.05, 0) is 30.1 Å². The van der Waals surface area contributed by atoms with Crippen molar-refractivity contribution in [2.24, 2.45) is 0 Å². The summed E-state index contributed by atoms with van der Waals surface area (Å²) in [5, 5.41) is 0. The molecule has 0 spiro atoms. The predicted octanol–water partition coefficient (Wildman–Crippen LogP) is 3.38. The van der Waals surface area contributed by atoms with E-state index in [0.29, 0.717) is 0 Å². The van der Waals surface area contributed by atoms with E-state index in [2.05, 4.69) is 13.8 Å². The number of anilines is 2. The van der Waals surface area contributed by atoms with E-state index < -0.39 is 0 Å². The molecule has 0 aromatic heterocycles. The van der Waals surface area contributed by atoms with Crippen molar-refractivity contribution in [1.82, 2.24) is 0 Å². The molecule has 0 aliphatic rings. The van der Waals surface area contributed by atoms with Crippen LogP contribution in [0.3, 0.4) is 0 Å². The molecule has 1 aromatic carbocycles. The Bertz CT molecular complexity index is 351. The summed E-state index contributed by atoms with van der Waals surface area (Å²) in [7, 11) is 0. The number of rotatable bonds is 4. The minimum atomic E-state index is 0.795. The maximum absolute atomic E-state index is 6.09. The van der Waals surface area contributed by atoms with Crippen LogP contribution in [0.5, 0.6) is 0 Å². The van der Waals surface area contributed by atoms with Crippen molar-refractivity contribution in [2.75, 3.05) is 23.0 Å². The summed E-state index contributed by atoms with van der Waals surface area (Å²) in [4.78, 5) is 2.40. The highest BCUT2D eigenvalue weighted by Crippen LogP contribution is 2.39. The molecule has 4 heteroatoms. The molecule has 0 saturated heterocycles. The fourth-order valence-electron chi connectivity index (χ4n) is 1.33. The van der Waals surface area contributed by atoms with Crippen LogP contribution < -0.4 is 11.5 Å². The lowest BCUT2D eigenvalue weighted by molar-refractivity contribution is 1.22. The molecule has 0 saturated carbocycles. The first-order valence-corrected chi connectivity index (χ1v) is 7.03. The molecular weight excluding hydrogens is 224 g/mol. The topological polar surface area (TPSA) is 52.0 Å². The van der Waals surface area contributed by atoms with Gasteiger partial charge in [0, 0.05) is 15.5 Å². The van der Waals surface area contributed by atoms with Crippen LogP contribution >= 0.6 is 23.5 Å². The van der Waals surface area contributed by atoms with Crippen LogP contribution in [0.4, 0.5) is 11.4 Å². The number of hydrogen-bond acceptors (Lipinski definition) is 4. The van der Waals surface area contributed by atoms with E-state index >= 15 is 0 Å². The van der Waals surface area contributed by atoms with Crippen molar-refractivity contribution in [1.29, 1.82) is 0 Å². The third-order valence-corrected chi connectivity index (χ3v) is 4.25. The van der Waals surface area contributed by atoms with Crippen LogP contribution in [0.2, 0.25) is 0 Å². The van der Waals surface area contributed by atoms with Crippen LogP contribution in [0.15, 0.2) is 15.9 Å². The van der Waals surface area contributed by atoms with E-state index in [9.17, 15) is 0 Å². The number of benzene rings is 1. The van der Waals surface area contributed by atoms with Gasteiger partial charge in [0.25, 0.3) is 0 Å². The Morgan fingerprint density at radius 1 is 1.13 bits per heavy atom. The zero-order valence-electron chi connectivity index (χ0n) is 9.46. The molecule has 84 valence electrons. The Hall–Kier alpha value is -0.480. The molecular formula is C11H18N2S2. The largest absolute Gasteiger partial charge is 0.398 e. The third-order valence-electron chi connectivity index (χ3n) is 2.18. The Morgan fingerprint density at radius 3 is 2.27 bits per heavy atom. The molecule has 1 rings (SSSR count). The van der Waals surface area contributed by atoms with Gasteiger partial charge in [0.2, 0.25) is 0 Å². The standard InChI is InChI=1S/C11H18N2S2/c1-4-14-9-6-8(12)7(3)10(13)11(9)15-5-2/h6H,4-5,12-13H2,1-3H3. The van der Waals surface area contributed by atoms with E-state index in [0.717, 1.165) is 28.4 Å². The number of thioether (sulfide) groups is 2. The van der Waals surface area contributed by atoms with Crippen LogP contribution in [0.25, 0.3) is 0 Å². The molecule has 1 aromatic rings. The van der Waals surface area contributed by atoms with Gasteiger partial charge >= 0.3 is 0 Å². The van der Waals surface area contributed by atoms with E-state index in [4.69, 9.17) is 11.5 Å². The number of nitrogens with two attached hydrogens (primary N) is 2. The predicted molar refractivity (Wildman–Crippen MR) is 72.8 cm³/mol. The Balaban J connectivity index is 3.23. The van der Waals surface area contributed by atoms with Crippen molar-refractivity contribution in [2.45, 2.75) is 30.6 Å². The molecule has 15 heavy (non-hydrogen) atoms. The van der Waals surface area contributed by atoms with Gasteiger partial charge in [-0.15, -0.1) is 23.5 Å². The monoisotopic (exact) mass is 242 g/mol. The van der Waals surface area contributed by atoms with Crippen molar-refractivity contribution in [3.8, 4) is 0 Å². The van der Waals surface area contributed by atoms with E-state index in [1.807, 2.05) is 13.0 Å². The lowest BCUT2D eigenvalue weighted by Gasteiger charge is -2.14. The molecule has 0 heterocycles. The summed E-state index contributed by atoms with van der Waals surface area (Å²) in [6.45, 7) is 6.25. The first-order valence-electron chi connectivity index (χ1n) is 5.05. The highest BCUT2D eigenvalue weighted by atomic mass is 32.2. The van der Waals surface area contributed by atoms with Gasteiger partial charge in [-0.2, -0.15) is 0 Å². The van der Waals surface area contributed by atoms with Crippen molar-refractivity contribution in [3.63, 3.8) is 0 Å². The second-order valence-corrected chi connectivity index (χ2v) is 5.78. The number of hydrogen-bond donors (Lipinski definition) is 2. The average molecular weight is 242 g/mol. The van der Waals surface area contributed by atoms with Crippen LogP contribution in [0.1, 0.15) is 19.4 Å². The summed E-state index contributed by atoms with van der Waals surface area (Å²) in [5.74, 6) is 2.07. The highest BCUT2D eigenvalue weighted by molar-refractivity contribution is 8.02. The van der Waals surface area contributed by atoms with Gasteiger partial charge < -0.3 is 11.5 Å². The minimum absolute atomic E-state index is 0.795. The SMILES string of the molecule is CCSc1cc(N)c(C)c(N)c1SCC. The Labute approximate surface area is 100 Å². The van der Waals surface area contributed by atoms with Crippen molar-refractivity contribution < 1.29 is 0 Å². The highest BCUT2D eigenvalue weighted by Gasteiger charge is 2.11. The maximum atomic E-state index is 6.09. The quantitative estimate of drug-likeness (QED) is 0.628. The summed E-state index contributed by atoms with van der Waals surface area (Å²) in [5.41, 5.74) is 14.6. The van der Waals surface area contributed by atoms with Crippen molar-refractivity contribution >= 4 is 34.9 Å². The van der Waals surface area contributed by atoms with Gasteiger partial charge in [-0.25, -0.2) is 0 Å². The van der Waals surface area contributed by atoms with Gasteiger partial charge in [0.1, 0.15) is 0 Å². The lowest BCUT2D eigenvalue weighted by Crippen LogP contribution is -2.00. The van der Waals surface area contributed by atoms with Crippen LogP contribution in [-0.2, 0) is 0 Å². The molecule has 0 fully saturated rings. The fourth-order valence-corrected chi connectivity index (χ4v) is 3.24. The average Bonchev–Trinajstić information content (AvgIpc) is 2.21. The Kier molecular flexibility index (Phi) is 4.67. The molecule has 4 N–H and O–H groups in total. The maximum Gasteiger partial charge on any atom is 0.0514 e. The summed E-state index contributed by atoms with van der Waals surface area (Å²) in [6, 6.07) is 2.04. The molecule has 0 amide bonds. The molecule has 0 radical (unpaired) electrons. The molecule has 0 bridgehead atoms. The van der Waals surface area contributed by atoms with Gasteiger partial charge in [-0.1, -0.05) is 13.8 Å². The first kappa shape index (κ1) is 12.6. The minimum Gasteiger partial charge on any atom is -0.398 e. The van der Waals surface area contributed by atoms with E-state index in [-0.39, 0.29) is 0 Å². The zero-order chi connectivity index (χ0) is 11.4. The first-order chi connectivity index (χ1) is 7.11. The second-order valence-electron chi connectivity index (χ2n) is 3.20. The molecule has 0 aliphatic heterocycles. The summed E-state index contributed by atoms with van der Waals surface area (Å²) < 4.78 is 0. The summed E-state index contributed by atoms with van der Waals surface area (Å²) >= 11 is 3.59. The second kappa shape index (κ2) is 5.56. The summed E-state index contributed by atoms with van der Waals surface area (Å²) in [6.07, 6.45) is 0. The smallest absolute Gasteiger partial charge is 0.0514 e. The van der Waals surface area contributed by atoms with Gasteiger partial charge in [-0.3, -0.25) is 0 Å². The molecule has 0 atom stereocenters. The lowest BCUT2D eigenvalue weighted by atomic mass is 10.1. The third kappa shape index (κ3) is 2.75. The normalized spacial score (nSPS) is 10.6. The van der Waals surface area contributed by atoms with E-state index in [1.54, 1.807) is 23.5 Å². The van der Waals surface area contributed by atoms with E-state index in [1.165, 1.54) is 9.79 Å². The van der Waals surface area contributed by atoms with Crippen LogP contribution in [-0.4, -0.2) is 11.5 Å². The van der Waals surface area contributed by atoms with Gasteiger partial charge in [0.05, 0.1) is 5.69 Å². The zero-order valence-corrected chi connectivity index (χ0v) is 11.1. The fraction of sp³-hybridized carbons (Fsp3) is 0.455. The molecule has 0 unspecified atom stereocenters. The van der Waals surface area contributed by atoms with Crippen molar-refractivity contribution in [3.05, 3.63) is 11.6 Å². The van der Waals surface area contributed by atoms with Crippen LogP contribution in [0, 0.1) is 6.92 Å². The Morgan fingerprint density at radius 2 is 1.73 bits per heavy atom.